The van der Waals surface area contributed by atoms with E-state index in [0.717, 1.165) is 34.4 Å². The number of nitrogens with zero attached hydrogens (tertiary/aromatic N) is 2. The predicted octanol–water partition coefficient (Wildman–Crippen LogP) is 4.60. The predicted molar refractivity (Wildman–Crippen MR) is 218 cm³/mol. The van der Waals surface area contributed by atoms with Crippen molar-refractivity contribution in [3.63, 3.8) is 0 Å². The molecule has 2 saturated carbocycles. The summed E-state index contributed by atoms with van der Waals surface area (Å²) in [6, 6.07) is 6.78. The number of rotatable bonds is 4. The Kier molecular flexibility index (Phi) is 8.72. The average Bonchev–Trinajstić information content (AvgIpc) is 3.73. The number of likely N-dealkylation sites (tertiary alicyclic amines) is 2. The highest BCUT2D eigenvalue weighted by Crippen LogP contribution is 2.68. The Bertz CT molecular complexity index is 2090. The first kappa shape index (κ1) is 41.2. The van der Waals surface area contributed by atoms with Gasteiger partial charge in [0.25, 0.3) is 0 Å². The lowest BCUT2D eigenvalue weighted by Crippen LogP contribution is -2.81. The van der Waals surface area contributed by atoms with E-state index in [1.165, 1.54) is 0 Å². The molecular formula is C47H62N2O11+2. The number of carbonyl (C=O) groups excluding carboxylic acids is 3. The number of hydrogen-bond donors (Lipinski definition) is 4. The van der Waals surface area contributed by atoms with Gasteiger partial charge in [-0.15, -0.1) is 0 Å². The highest BCUT2D eigenvalue weighted by molar-refractivity contribution is 5.90. The van der Waals surface area contributed by atoms with Crippen molar-refractivity contribution in [2.75, 3.05) is 40.6 Å². The molecule has 2 aromatic rings. The smallest absolute Gasteiger partial charge is 0.315 e. The molecule has 0 radical (unpaired) electrons. The lowest BCUT2D eigenvalue weighted by Gasteiger charge is -2.64. The summed E-state index contributed by atoms with van der Waals surface area (Å²) >= 11 is 0. The van der Waals surface area contributed by atoms with Crippen molar-refractivity contribution in [3.8, 4) is 23.0 Å². The van der Waals surface area contributed by atoms with Crippen LogP contribution in [0.4, 0.5) is 0 Å². The highest BCUT2D eigenvalue weighted by atomic mass is 16.6. The topological polar surface area (TPSA) is 169 Å². The van der Waals surface area contributed by atoms with Crippen LogP contribution in [-0.4, -0.2) is 123 Å². The summed E-state index contributed by atoms with van der Waals surface area (Å²) in [6.45, 7) is 17.1. The van der Waals surface area contributed by atoms with E-state index in [9.17, 15) is 34.8 Å². The number of phenols is 2. The Labute approximate surface area is 352 Å². The maximum absolute atomic E-state index is 12.9. The molecule has 4 N–H and O–H groups in total. The third-order valence-corrected chi connectivity index (χ3v) is 16.2. The summed E-state index contributed by atoms with van der Waals surface area (Å²) in [6.07, 6.45) is 3.25. The van der Waals surface area contributed by atoms with Crippen molar-refractivity contribution in [3.05, 3.63) is 58.7 Å². The van der Waals surface area contributed by atoms with Gasteiger partial charge >= 0.3 is 11.9 Å². The zero-order valence-electron chi connectivity index (χ0n) is 36.4. The fourth-order valence-electron chi connectivity index (χ4n) is 12.9. The maximum Gasteiger partial charge on any atom is 0.315 e. The Balaban J connectivity index is 0.000000154. The Morgan fingerprint density at radius 2 is 1.13 bits per heavy atom. The van der Waals surface area contributed by atoms with Gasteiger partial charge < -0.3 is 39.4 Å². The van der Waals surface area contributed by atoms with Gasteiger partial charge in [-0.3, -0.25) is 23.3 Å². The third-order valence-electron chi connectivity index (χ3n) is 16.2. The van der Waals surface area contributed by atoms with Crippen LogP contribution in [-0.2, 0) is 47.5 Å². The van der Waals surface area contributed by atoms with Crippen LogP contribution in [0.5, 0.6) is 23.0 Å². The standard InChI is InChI=1S/C24H31NO5.C23H29NO6/c1-14-8-9-24(28)17-12-15-6-7-16(26)19-18(15)23(24,20(14)30-19)10-11-25(17,5)13-29-21(27)22(2,3)4;1-21(2,3)20(27)29-12-24(4)10-9-22-17-13-5-6-14(25)18(17)30-19(22)15(26)7-8-23(22,28)16(24)11-13/h6-7,17,20,28H,1,8-13H2,2-5H3;5-6,16,19,28H,7-12H2,1-4H3/p+2/t17?,20-,23-,24+,25+;16?,19-,22-,23+,24-/m00/s1. The Morgan fingerprint density at radius 1 is 0.717 bits per heavy atom. The van der Waals surface area contributed by atoms with Crippen molar-refractivity contribution in [1.82, 2.24) is 0 Å². The van der Waals surface area contributed by atoms with Crippen molar-refractivity contribution >= 4 is 17.7 Å². The number of ketones is 1. The number of piperidine rings is 2. The summed E-state index contributed by atoms with van der Waals surface area (Å²) < 4.78 is 24.7. The number of hydrogen-bond acceptors (Lipinski definition) is 11. The molecule has 13 heteroatoms. The van der Waals surface area contributed by atoms with Crippen LogP contribution in [0.2, 0.25) is 0 Å². The van der Waals surface area contributed by atoms with Crippen molar-refractivity contribution < 1.29 is 62.7 Å². The fraction of sp³-hybridized carbons (Fsp3) is 0.638. The molecule has 0 amide bonds. The van der Waals surface area contributed by atoms with Crippen LogP contribution in [0, 0.1) is 10.8 Å². The Morgan fingerprint density at radius 3 is 1.58 bits per heavy atom. The first-order chi connectivity index (χ1) is 27.9. The molecule has 2 spiro atoms. The van der Waals surface area contributed by atoms with E-state index in [-0.39, 0.29) is 67.3 Å². The van der Waals surface area contributed by atoms with Gasteiger partial charge in [-0.25, -0.2) is 0 Å². The molecule has 2 unspecified atom stereocenters. The van der Waals surface area contributed by atoms with Crippen LogP contribution in [0.15, 0.2) is 36.4 Å². The third kappa shape index (κ3) is 5.21. The van der Waals surface area contributed by atoms with E-state index in [4.69, 9.17) is 18.9 Å². The first-order valence-electron chi connectivity index (χ1n) is 21.6. The van der Waals surface area contributed by atoms with E-state index >= 15 is 0 Å². The van der Waals surface area contributed by atoms with Crippen LogP contribution < -0.4 is 9.47 Å². The summed E-state index contributed by atoms with van der Waals surface area (Å²) in [7, 11) is 4.12. The molecule has 4 aliphatic heterocycles. The van der Waals surface area contributed by atoms with Gasteiger partial charge in [0, 0.05) is 43.2 Å². The molecule has 13 nitrogen and oxygen atoms in total. The van der Waals surface area contributed by atoms with Crippen molar-refractivity contribution in [1.29, 1.82) is 0 Å². The molecule has 4 fully saturated rings. The van der Waals surface area contributed by atoms with Gasteiger partial charge in [0.15, 0.2) is 34.9 Å². The number of ether oxygens (including phenoxy) is 4. The van der Waals surface area contributed by atoms with E-state index < -0.39 is 39.0 Å². The number of quaternary nitrogens is 2. The molecule has 0 aromatic heterocycles. The zero-order valence-corrected chi connectivity index (χ0v) is 36.4. The molecule has 4 heterocycles. The molecule has 324 valence electrons. The van der Waals surface area contributed by atoms with Gasteiger partial charge in [-0.1, -0.05) is 18.7 Å². The summed E-state index contributed by atoms with van der Waals surface area (Å²) in [4.78, 5) is 37.8. The van der Waals surface area contributed by atoms with Crippen LogP contribution in [0.25, 0.3) is 0 Å². The molecule has 10 rings (SSSR count). The normalized spacial score (nSPS) is 38.6. The van der Waals surface area contributed by atoms with Gasteiger partial charge in [0.2, 0.25) is 13.5 Å². The van der Waals surface area contributed by atoms with Gasteiger partial charge in [-0.05, 0) is 89.6 Å². The lowest BCUT2D eigenvalue weighted by atomic mass is 9.48. The van der Waals surface area contributed by atoms with Crippen LogP contribution in [0.1, 0.15) is 102 Å². The minimum absolute atomic E-state index is 0.0165. The maximum atomic E-state index is 12.9. The molecule has 2 aromatic carbocycles. The second kappa shape index (κ2) is 12.7. The monoisotopic (exact) mass is 830 g/mol. The van der Waals surface area contributed by atoms with E-state index in [2.05, 4.69) is 13.6 Å². The zero-order chi connectivity index (χ0) is 43.4. The van der Waals surface area contributed by atoms with E-state index in [1.54, 1.807) is 12.1 Å². The molecule has 4 bridgehead atoms. The minimum atomic E-state index is -1.17. The number of aromatic hydroxyl groups is 2. The van der Waals surface area contributed by atoms with Crippen molar-refractivity contribution in [2.45, 2.75) is 139 Å². The van der Waals surface area contributed by atoms with Gasteiger partial charge in [0.1, 0.15) is 29.4 Å². The molecular weight excluding hydrogens is 769 g/mol. The SMILES string of the molecule is C=C1CC[C@@]2(O)C3Cc4ccc(O)c5c4[C@@]2(CC[N@+]3(C)COC(=O)C(C)(C)C)[C@H]1O5.CC(C)(C)C(=O)OC[N@+]1(C)CC[C@]23c4c5ccc(O)c4O[C@H]2C(=O)CC[C@@]3(O)C1C5. The summed E-state index contributed by atoms with van der Waals surface area (Å²) in [5, 5.41) is 45.5. The van der Waals surface area contributed by atoms with Crippen LogP contribution in [0.3, 0.4) is 0 Å². The van der Waals surface area contributed by atoms with Crippen LogP contribution >= 0.6 is 0 Å². The van der Waals surface area contributed by atoms with Gasteiger partial charge in [0.05, 0.1) is 48.8 Å². The summed E-state index contributed by atoms with van der Waals surface area (Å²) in [5.41, 5.74) is 0.110. The first-order valence-corrected chi connectivity index (χ1v) is 21.6. The number of carbonyl (C=O) groups is 3. The summed E-state index contributed by atoms with van der Waals surface area (Å²) in [5.74, 6) is 0.529. The lowest BCUT2D eigenvalue weighted by molar-refractivity contribution is -0.963. The van der Waals surface area contributed by atoms with E-state index in [1.807, 2.05) is 60.7 Å². The number of likely N-dealkylation sites (N-methyl/N-ethyl adjacent to an activating group) is 2. The average molecular weight is 831 g/mol. The minimum Gasteiger partial charge on any atom is -0.504 e. The highest BCUT2D eigenvalue weighted by Gasteiger charge is 2.78. The number of aliphatic hydroxyl groups is 2. The number of Topliss-reactive ketones (excluding diaryl/α,β-unsaturated/α-hetero) is 1. The number of esters is 2. The molecule has 8 aliphatic rings. The second-order valence-electron chi connectivity index (χ2n) is 21.8. The van der Waals surface area contributed by atoms with Gasteiger partial charge in [-0.2, -0.15) is 0 Å². The molecule has 60 heavy (non-hydrogen) atoms. The van der Waals surface area contributed by atoms with Crippen molar-refractivity contribution in [2.24, 2.45) is 10.8 Å². The molecule has 4 aliphatic carbocycles. The van der Waals surface area contributed by atoms with E-state index in [0.29, 0.717) is 72.0 Å². The molecule has 2 saturated heterocycles. The largest absolute Gasteiger partial charge is 0.504 e. The molecule has 10 atom stereocenters. The Hall–Kier alpha value is -4.17. The number of phenolic OH excluding ortho intramolecular Hbond substituents is 2. The fourth-order valence-corrected chi connectivity index (χ4v) is 12.9. The number of benzene rings is 2. The second-order valence-corrected chi connectivity index (χ2v) is 21.8. The quantitative estimate of drug-likeness (QED) is 0.193.